The molecular weight excluding hydrogens is 432 g/mol. The summed E-state index contributed by atoms with van der Waals surface area (Å²) in [5.74, 6) is -0.519. The highest BCUT2D eigenvalue weighted by molar-refractivity contribution is 6.09. The van der Waals surface area contributed by atoms with Gasteiger partial charge in [-0.05, 0) is 55.0 Å². The van der Waals surface area contributed by atoms with E-state index in [4.69, 9.17) is 14.2 Å². The Labute approximate surface area is 196 Å². The van der Waals surface area contributed by atoms with Crippen LogP contribution in [-0.2, 0) is 26.1 Å². The number of aryl methyl sites for hydroxylation is 1. The van der Waals surface area contributed by atoms with Gasteiger partial charge in [-0.3, -0.25) is 0 Å². The van der Waals surface area contributed by atoms with E-state index in [0.717, 1.165) is 21.8 Å². The summed E-state index contributed by atoms with van der Waals surface area (Å²) in [5, 5.41) is 5.15. The third kappa shape index (κ3) is 3.55. The molecule has 7 nitrogen and oxygen atoms in total. The topological polar surface area (TPSA) is 78.8 Å². The molecule has 2 heterocycles. The molecule has 0 radical (unpaired) electrons. The Kier molecular flexibility index (Phi) is 5.45. The summed E-state index contributed by atoms with van der Waals surface area (Å²) in [6.45, 7) is 1.91. The predicted molar refractivity (Wildman–Crippen MR) is 130 cm³/mol. The average molecular weight is 456 g/mol. The van der Waals surface area contributed by atoms with E-state index in [0.29, 0.717) is 17.0 Å². The minimum atomic E-state index is -0.879. The number of esters is 2. The van der Waals surface area contributed by atoms with E-state index in [2.05, 4.69) is 22.0 Å². The number of benzene rings is 3. The predicted octanol–water partition coefficient (Wildman–Crippen LogP) is 4.87. The number of cyclic esters (lactones) is 1. The number of aromatic nitrogens is 1. The number of carbonyl (C=O) groups is 2. The number of carbonyl (C=O) groups excluding carboxylic acids is 2. The SMILES string of the molecule is CCOC(=O)C1=C(Nc2ccc(OC)cc2)C(=O)OC1c1ccc2c(c1)c1ccccc1n2C. The van der Waals surface area contributed by atoms with Crippen molar-refractivity contribution in [1.29, 1.82) is 0 Å². The first-order chi connectivity index (χ1) is 16.5. The first-order valence-electron chi connectivity index (χ1n) is 11.0. The van der Waals surface area contributed by atoms with E-state index in [-0.39, 0.29) is 17.9 Å². The molecule has 1 N–H and O–H groups in total. The van der Waals surface area contributed by atoms with Crippen molar-refractivity contribution in [2.75, 3.05) is 19.0 Å². The Balaban J connectivity index is 1.60. The molecule has 0 amide bonds. The first kappa shape index (κ1) is 21.6. The van der Waals surface area contributed by atoms with Crippen LogP contribution < -0.4 is 10.1 Å². The molecule has 1 aliphatic rings. The van der Waals surface area contributed by atoms with E-state index in [1.807, 2.05) is 37.4 Å². The van der Waals surface area contributed by atoms with Crippen LogP contribution in [0.5, 0.6) is 5.75 Å². The zero-order chi connectivity index (χ0) is 23.8. The van der Waals surface area contributed by atoms with Gasteiger partial charge < -0.3 is 24.1 Å². The van der Waals surface area contributed by atoms with Crippen molar-refractivity contribution in [3.8, 4) is 5.75 Å². The molecule has 7 heteroatoms. The Morgan fingerprint density at radius 1 is 1.03 bits per heavy atom. The molecule has 0 saturated heterocycles. The zero-order valence-corrected chi connectivity index (χ0v) is 19.1. The van der Waals surface area contributed by atoms with Crippen molar-refractivity contribution in [3.63, 3.8) is 0 Å². The summed E-state index contributed by atoms with van der Waals surface area (Å²) >= 11 is 0. The fourth-order valence-electron chi connectivity index (χ4n) is 4.40. The molecular formula is C27H24N2O5. The van der Waals surface area contributed by atoms with Gasteiger partial charge in [0.15, 0.2) is 6.10 Å². The normalized spacial score (nSPS) is 15.6. The van der Waals surface area contributed by atoms with Crippen molar-refractivity contribution >= 4 is 39.4 Å². The van der Waals surface area contributed by atoms with E-state index in [1.54, 1.807) is 38.3 Å². The second kappa shape index (κ2) is 8.59. The summed E-state index contributed by atoms with van der Waals surface area (Å²) < 4.78 is 18.3. The number of ether oxygens (including phenoxy) is 3. The Morgan fingerprint density at radius 2 is 1.76 bits per heavy atom. The standard InChI is InChI=1S/C27H24N2O5/c1-4-33-26(30)23-24(28-17-10-12-18(32-3)13-11-17)27(31)34-25(23)16-9-14-22-20(15-16)19-7-5-6-8-21(19)29(22)2/h5-15,25,28H,4H2,1-3H3. The van der Waals surface area contributed by atoms with Crippen molar-refractivity contribution in [3.05, 3.63) is 83.6 Å². The lowest BCUT2D eigenvalue weighted by atomic mass is 9.99. The molecule has 0 bridgehead atoms. The Hall–Kier alpha value is -4.26. The van der Waals surface area contributed by atoms with E-state index in [9.17, 15) is 9.59 Å². The van der Waals surface area contributed by atoms with E-state index >= 15 is 0 Å². The number of hydrogen-bond donors (Lipinski definition) is 1. The highest BCUT2D eigenvalue weighted by Gasteiger charge is 2.40. The number of nitrogens with zero attached hydrogens (tertiary/aromatic N) is 1. The summed E-state index contributed by atoms with van der Waals surface area (Å²) in [6, 6.07) is 21.0. The molecule has 0 saturated carbocycles. The fourth-order valence-corrected chi connectivity index (χ4v) is 4.40. The summed E-state index contributed by atoms with van der Waals surface area (Å²) in [6.07, 6.45) is -0.879. The maximum absolute atomic E-state index is 13.0. The van der Waals surface area contributed by atoms with Gasteiger partial charge in [0.25, 0.3) is 0 Å². The van der Waals surface area contributed by atoms with Gasteiger partial charge >= 0.3 is 11.9 Å². The number of hydrogen-bond acceptors (Lipinski definition) is 6. The molecule has 1 atom stereocenters. The lowest BCUT2D eigenvalue weighted by Crippen LogP contribution is -2.16. The van der Waals surface area contributed by atoms with Crippen molar-refractivity contribution in [2.24, 2.45) is 7.05 Å². The largest absolute Gasteiger partial charge is 0.497 e. The van der Waals surface area contributed by atoms with Gasteiger partial charge in [0.05, 0.1) is 13.7 Å². The first-order valence-corrected chi connectivity index (χ1v) is 11.0. The second-order valence-electron chi connectivity index (χ2n) is 8.00. The van der Waals surface area contributed by atoms with Gasteiger partial charge in [0, 0.05) is 34.5 Å². The van der Waals surface area contributed by atoms with Crippen LogP contribution >= 0.6 is 0 Å². The fraction of sp³-hybridized carbons (Fsp3) is 0.185. The van der Waals surface area contributed by atoms with Crippen LogP contribution in [0.3, 0.4) is 0 Å². The average Bonchev–Trinajstić information content (AvgIpc) is 3.34. The third-order valence-electron chi connectivity index (χ3n) is 6.06. The maximum Gasteiger partial charge on any atom is 0.356 e. The van der Waals surface area contributed by atoms with Crippen LogP contribution in [-0.4, -0.2) is 30.2 Å². The van der Waals surface area contributed by atoms with Crippen LogP contribution in [0.2, 0.25) is 0 Å². The number of para-hydroxylation sites is 1. The summed E-state index contributed by atoms with van der Waals surface area (Å²) in [7, 11) is 3.59. The molecule has 0 aliphatic carbocycles. The highest BCUT2D eigenvalue weighted by Crippen LogP contribution is 2.39. The van der Waals surface area contributed by atoms with Crippen molar-refractivity contribution < 1.29 is 23.8 Å². The molecule has 1 aliphatic heterocycles. The molecule has 0 fully saturated rings. The summed E-state index contributed by atoms with van der Waals surface area (Å²) in [5.41, 5.74) is 3.70. The van der Waals surface area contributed by atoms with Gasteiger partial charge in [-0.15, -0.1) is 0 Å². The second-order valence-corrected chi connectivity index (χ2v) is 8.00. The van der Waals surface area contributed by atoms with Gasteiger partial charge in [-0.1, -0.05) is 24.3 Å². The zero-order valence-electron chi connectivity index (χ0n) is 19.1. The molecule has 34 heavy (non-hydrogen) atoms. The smallest absolute Gasteiger partial charge is 0.356 e. The van der Waals surface area contributed by atoms with Gasteiger partial charge in [-0.25, -0.2) is 9.59 Å². The van der Waals surface area contributed by atoms with E-state index in [1.165, 1.54) is 0 Å². The quantitative estimate of drug-likeness (QED) is 0.417. The minimum Gasteiger partial charge on any atom is -0.497 e. The monoisotopic (exact) mass is 456 g/mol. The molecule has 4 aromatic rings. The lowest BCUT2D eigenvalue weighted by molar-refractivity contribution is -0.142. The number of fused-ring (bicyclic) bond motifs is 3. The molecule has 5 rings (SSSR count). The molecule has 1 unspecified atom stereocenters. The number of nitrogens with one attached hydrogen (secondary N) is 1. The maximum atomic E-state index is 13.0. The van der Waals surface area contributed by atoms with Gasteiger partial charge in [-0.2, -0.15) is 0 Å². The number of anilines is 1. The molecule has 172 valence electrons. The van der Waals surface area contributed by atoms with Crippen LogP contribution in [0.15, 0.2) is 78.0 Å². The minimum absolute atomic E-state index is 0.0756. The van der Waals surface area contributed by atoms with Crippen LogP contribution in [0.25, 0.3) is 21.8 Å². The third-order valence-corrected chi connectivity index (χ3v) is 6.06. The van der Waals surface area contributed by atoms with Crippen molar-refractivity contribution in [2.45, 2.75) is 13.0 Å². The van der Waals surface area contributed by atoms with Crippen LogP contribution in [0.4, 0.5) is 5.69 Å². The Bertz CT molecular complexity index is 1450. The lowest BCUT2D eigenvalue weighted by Gasteiger charge is -2.14. The summed E-state index contributed by atoms with van der Waals surface area (Å²) in [4.78, 5) is 25.9. The van der Waals surface area contributed by atoms with Gasteiger partial charge in [0.2, 0.25) is 0 Å². The highest BCUT2D eigenvalue weighted by atomic mass is 16.6. The van der Waals surface area contributed by atoms with Crippen molar-refractivity contribution in [1.82, 2.24) is 4.57 Å². The van der Waals surface area contributed by atoms with Crippen LogP contribution in [0.1, 0.15) is 18.6 Å². The van der Waals surface area contributed by atoms with Gasteiger partial charge in [0.1, 0.15) is 17.0 Å². The molecule has 1 aromatic heterocycles. The Morgan fingerprint density at radius 3 is 2.50 bits per heavy atom. The number of methoxy groups -OCH3 is 1. The van der Waals surface area contributed by atoms with Crippen LogP contribution in [0, 0.1) is 0 Å². The molecule has 0 spiro atoms. The number of rotatable bonds is 6. The van der Waals surface area contributed by atoms with E-state index < -0.39 is 18.0 Å². The molecule has 3 aromatic carbocycles.